The fourth-order valence-electron chi connectivity index (χ4n) is 1.00. The van der Waals surface area contributed by atoms with Crippen LogP contribution in [0.1, 0.15) is 32.6 Å². The van der Waals surface area contributed by atoms with Crippen molar-refractivity contribution in [2.45, 2.75) is 32.6 Å². The Hall–Kier alpha value is -0.0800. The van der Waals surface area contributed by atoms with Gasteiger partial charge in [0, 0.05) is 13.2 Å². The Morgan fingerprint density at radius 2 is 1.90 bits per heavy atom. The van der Waals surface area contributed by atoms with Gasteiger partial charge in [0.05, 0.1) is 0 Å². The summed E-state index contributed by atoms with van der Waals surface area (Å²) in [6.45, 7) is 2.56. The summed E-state index contributed by atoms with van der Waals surface area (Å²) in [7, 11) is 0. The maximum absolute atomic E-state index is 8.77. The molecule has 0 heterocycles. The Morgan fingerprint density at radius 3 is 2.30 bits per heavy atom. The highest BCUT2D eigenvalue weighted by molar-refractivity contribution is 4.56. The van der Waals surface area contributed by atoms with E-state index in [2.05, 4.69) is 6.92 Å². The topological polar surface area (TPSA) is 40.5 Å². The summed E-state index contributed by atoms with van der Waals surface area (Å²) >= 11 is 0. The molecule has 0 radical (unpaired) electrons. The smallest absolute Gasteiger partial charge is 0.0460 e. The average Bonchev–Trinajstić information content (AvgIpc) is 1.98. The summed E-state index contributed by atoms with van der Waals surface area (Å²) in [6, 6.07) is 0. The molecular weight excluding hydrogens is 128 g/mol. The van der Waals surface area contributed by atoms with Crippen LogP contribution >= 0.6 is 0 Å². The maximum Gasteiger partial charge on any atom is 0.0460 e. The molecule has 10 heavy (non-hydrogen) atoms. The first kappa shape index (κ1) is 9.92. The highest BCUT2D eigenvalue weighted by atomic mass is 16.3. The molecule has 0 unspecified atom stereocenters. The number of unbranched alkanes of at least 4 members (excludes halogenated alkanes) is 1. The van der Waals surface area contributed by atoms with Gasteiger partial charge in [-0.1, -0.05) is 19.8 Å². The number of aliphatic hydroxyl groups is 2. The molecule has 0 bridgehead atoms. The van der Waals surface area contributed by atoms with Crippen molar-refractivity contribution in [1.82, 2.24) is 0 Å². The average molecular weight is 146 g/mol. The van der Waals surface area contributed by atoms with E-state index in [9.17, 15) is 0 Å². The summed E-state index contributed by atoms with van der Waals surface area (Å²) in [5.74, 6) is 0.324. The predicted octanol–water partition coefficient (Wildman–Crippen LogP) is 1.17. The van der Waals surface area contributed by atoms with E-state index in [0.717, 1.165) is 19.3 Å². The van der Waals surface area contributed by atoms with Crippen molar-refractivity contribution in [2.75, 3.05) is 13.2 Å². The zero-order chi connectivity index (χ0) is 7.82. The molecule has 2 heteroatoms. The van der Waals surface area contributed by atoms with Crippen LogP contribution < -0.4 is 0 Å². The molecule has 0 aromatic rings. The molecule has 0 fully saturated rings. The van der Waals surface area contributed by atoms with Crippen molar-refractivity contribution in [3.05, 3.63) is 0 Å². The van der Waals surface area contributed by atoms with E-state index in [1.54, 1.807) is 0 Å². The highest BCUT2D eigenvalue weighted by Crippen LogP contribution is 2.10. The van der Waals surface area contributed by atoms with Crippen molar-refractivity contribution >= 4 is 0 Å². The SMILES string of the molecule is CCCC[C@@H](CO)CCO. The Balaban J connectivity index is 3.21. The Labute approximate surface area is 62.9 Å². The molecule has 0 aromatic carbocycles. The Bertz CT molecular complexity index is 64.3. The molecule has 1 atom stereocenters. The standard InChI is InChI=1S/C8H18O2/c1-2-3-4-8(7-10)5-6-9/h8-10H,2-7H2,1H3/t8-/m1/s1. The minimum atomic E-state index is 0.203. The zero-order valence-electron chi connectivity index (χ0n) is 6.71. The third-order valence-electron chi connectivity index (χ3n) is 1.76. The number of rotatable bonds is 6. The molecule has 62 valence electrons. The van der Waals surface area contributed by atoms with Gasteiger partial charge in [0.15, 0.2) is 0 Å². The van der Waals surface area contributed by atoms with Gasteiger partial charge in [0.1, 0.15) is 0 Å². The molecule has 0 amide bonds. The lowest BCUT2D eigenvalue weighted by molar-refractivity contribution is 0.175. The monoisotopic (exact) mass is 146 g/mol. The van der Waals surface area contributed by atoms with Gasteiger partial charge in [-0.15, -0.1) is 0 Å². The lowest BCUT2D eigenvalue weighted by atomic mass is 10.0. The van der Waals surface area contributed by atoms with Crippen LogP contribution in [-0.2, 0) is 0 Å². The minimum absolute atomic E-state index is 0.203. The minimum Gasteiger partial charge on any atom is -0.396 e. The van der Waals surface area contributed by atoms with Gasteiger partial charge in [0.2, 0.25) is 0 Å². The van der Waals surface area contributed by atoms with Gasteiger partial charge < -0.3 is 10.2 Å². The van der Waals surface area contributed by atoms with E-state index in [4.69, 9.17) is 10.2 Å². The fourth-order valence-corrected chi connectivity index (χ4v) is 1.00. The number of hydrogen-bond acceptors (Lipinski definition) is 2. The van der Waals surface area contributed by atoms with Crippen LogP contribution in [0.3, 0.4) is 0 Å². The summed E-state index contributed by atoms with van der Waals surface area (Å²) in [4.78, 5) is 0. The van der Waals surface area contributed by atoms with E-state index < -0.39 is 0 Å². The highest BCUT2D eigenvalue weighted by Gasteiger charge is 2.04. The lowest BCUT2D eigenvalue weighted by Crippen LogP contribution is -2.07. The van der Waals surface area contributed by atoms with Crippen molar-refractivity contribution < 1.29 is 10.2 Å². The fraction of sp³-hybridized carbons (Fsp3) is 1.00. The van der Waals surface area contributed by atoms with Crippen molar-refractivity contribution in [3.63, 3.8) is 0 Å². The first-order valence-corrected chi connectivity index (χ1v) is 4.06. The Morgan fingerprint density at radius 1 is 1.20 bits per heavy atom. The van der Waals surface area contributed by atoms with Gasteiger partial charge >= 0.3 is 0 Å². The van der Waals surface area contributed by atoms with Crippen molar-refractivity contribution in [2.24, 2.45) is 5.92 Å². The summed E-state index contributed by atoms with van der Waals surface area (Å²) in [6.07, 6.45) is 4.12. The zero-order valence-corrected chi connectivity index (χ0v) is 6.71. The molecule has 0 aliphatic heterocycles. The van der Waals surface area contributed by atoms with Gasteiger partial charge in [-0.25, -0.2) is 0 Å². The second-order valence-corrected chi connectivity index (χ2v) is 2.70. The van der Waals surface area contributed by atoms with Gasteiger partial charge in [-0.05, 0) is 18.8 Å². The van der Waals surface area contributed by atoms with E-state index >= 15 is 0 Å². The lowest BCUT2D eigenvalue weighted by Gasteiger charge is -2.10. The molecule has 0 aliphatic rings. The van der Waals surface area contributed by atoms with Crippen LogP contribution in [0.15, 0.2) is 0 Å². The molecular formula is C8H18O2. The van der Waals surface area contributed by atoms with Crippen LogP contribution in [0.25, 0.3) is 0 Å². The van der Waals surface area contributed by atoms with Crippen molar-refractivity contribution in [3.8, 4) is 0 Å². The molecule has 2 nitrogen and oxygen atoms in total. The van der Waals surface area contributed by atoms with E-state index in [0.29, 0.717) is 5.92 Å². The van der Waals surface area contributed by atoms with Crippen LogP contribution in [0.4, 0.5) is 0 Å². The van der Waals surface area contributed by atoms with Crippen LogP contribution in [0.2, 0.25) is 0 Å². The molecule has 0 saturated carbocycles. The number of aliphatic hydroxyl groups excluding tert-OH is 2. The molecule has 0 aromatic heterocycles. The normalized spacial score (nSPS) is 13.5. The summed E-state index contributed by atoms with van der Waals surface area (Å²) in [5.41, 5.74) is 0. The molecule has 0 saturated heterocycles. The molecule has 0 aliphatic carbocycles. The summed E-state index contributed by atoms with van der Waals surface area (Å²) < 4.78 is 0. The second kappa shape index (κ2) is 7.03. The largest absolute Gasteiger partial charge is 0.396 e. The first-order valence-electron chi connectivity index (χ1n) is 4.06. The first-order chi connectivity index (χ1) is 4.85. The van der Waals surface area contributed by atoms with E-state index in [1.165, 1.54) is 6.42 Å². The van der Waals surface area contributed by atoms with E-state index in [1.807, 2.05) is 0 Å². The second-order valence-electron chi connectivity index (χ2n) is 2.70. The third-order valence-corrected chi connectivity index (χ3v) is 1.76. The van der Waals surface area contributed by atoms with Crippen LogP contribution in [-0.4, -0.2) is 23.4 Å². The van der Waals surface area contributed by atoms with Gasteiger partial charge in [-0.3, -0.25) is 0 Å². The molecule has 0 rings (SSSR count). The quantitative estimate of drug-likeness (QED) is 0.590. The summed E-state index contributed by atoms with van der Waals surface area (Å²) in [5, 5.41) is 17.3. The predicted molar refractivity (Wildman–Crippen MR) is 41.8 cm³/mol. The molecule has 2 N–H and O–H groups in total. The van der Waals surface area contributed by atoms with E-state index in [-0.39, 0.29) is 13.2 Å². The van der Waals surface area contributed by atoms with Gasteiger partial charge in [-0.2, -0.15) is 0 Å². The van der Waals surface area contributed by atoms with Crippen LogP contribution in [0, 0.1) is 5.92 Å². The van der Waals surface area contributed by atoms with Crippen LogP contribution in [0.5, 0.6) is 0 Å². The molecule has 0 spiro atoms. The number of hydrogen-bond donors (Lipinski definition) is 2. The van der Waals surface area contributed by atoms with Crippen molar-refractivity contribution in [1.29, 1.82) is 0 Å². The Kier molecular flexibility index (Phi) is 6.98. The maximum atomic E-state index is 8.77. The third kappa shape index (κ3) is 4.77. The van der Waals surface area contributed by atoms with Gasteiger partial charge in [0.25, 0.3) is 0 Å².